The molecule has 25 heavy (non-hydrogen) atoms. The summed E-state index contributed by atoms with van der Waals surface area (Å²) in [6.45, 7) is 5.02. The van der Waals surface area contributed by atoms with Crippen LogP contribution in [0.5, 0.6) is 0 Å². The van der Waals surface area contributed by atoms with Crippen LogP contribution in [0.15, 0.2) is 23.1 Å². The number of carbonyl (C=O) groups excluding carboxylic acids is 2. The molecule has 0 aliphatic carbocycles. The van der Waals surface area contributed by atoms with Crippen LogP contribution in [0.1, 0.15) is 35.7 Å². The van der Waals surface area contributed by atoms with E-state index in [-0.39, 0.29) is 17.5 Å². The van der Waals surface area contributed by atoms with Crippen LogP contribution in [0.4, 0.5) is 5.82 Å². The van der Waals surface area contributed by atoms with Gasteiger partial charge in [0.2, 0.25) is 0 Å². The molecule has 1 unspecified atom stereocenters. The van der Waals surface area contributed by atoms with E-state index in [9.17, 15) is 14.4 Å². The first-order valence-corrected chi connectivity index (χ1v) is 8.45. The topological polar surface area (TPSA) is 81.0 Å². The summed E-state index contributed by atoms with van der Waals surface area (Å²) in [6.07, 6.45) is 3.66. The molecule has 0 amide bonds. The lowest BCUT2D eigenvalue weighted by Crippen LogP contribution is -2.41. The monoisotopic (exact) mass is 343 g/mol. The smallest absolute Gasteiger partial charge is 0.310 e. The maximum Gasteiger partial charge on any atom is 0.310 e. The number of rotatable bonds is 4. The molecule has 132 valence electrons. The van der Waals surface area contributed by atoms with Crippen molar-refractivity contribution in [3.05, 3.63) is 39.8 Å². The fourth-order valence-corrected chi connectivity index (χ4v) is 3.27. The maximum absolute atomic E-state index is 12.7. The Bertz CT molecular complexity index is 874. The number of piperidine rings is 1. The summed E-state index contributed by atoms with van der Waals surface area (Å²) in [6, 6.07) is 3.61. The predicted octanol–water partition coefficient (Wildman–Crippen LogP) is 1.59. The number of ether oxygens (including phenoxy) is 1. The molecule has 7 heteroatoms. The number of aryl methyl sites for hydroxylation is 1. The standard InChI is InChI=1S/C18H21N3O4/c1-3-25-18(24)13-7-5-8-20(10-13)16-14(11-22)17(23)21-9-4-6-12(2)15(21)19-16/h4,6,9,11,13H,3,5,7-8,10H2,1-2H3. The van der Waals surface area contributed by atoms with E-state index in [1.807, 2.05) is 17.9 Å². The van der Waals surface area contributed by atoms with Gasteiger partial charge in [-0.2, -0.15) is 0 Å². The van der Waals surface area contributed by atoms with Gasteiger partial charge < -0.3 is 9.64 Å². The van der Waals surface area contributed by atoms with Crippen LogP contribution < -0.4 is 10.5 Å². The molecule has 1 aliphatic rings. The Balaban J connectivity index is 2.05. The van der Waals surface area contributed by atoms with Gasteiger partial charge in [0, 0.05) is 19.3 Å². The summed E-state index contributed by atoms with van der Waals surface area (Å²) in [7, 11) is 0. The number of esters is 1. The molecule has 0 aromatic carbocycles. The summed E-state index contributed by atoms with van der Waals surface area (Å²) >= 11 is 0. The van der Waals surface area contributed by atoms with Crippen LogP contribution in [-0.2, 0) is 9.53 Å². The highest BCUT2D eigenvalue weighted by Crippen LogP contribution is 2.24. The molecule has 2 aromatic rings. The van der Waals surface area contributed by atoms with Gasteiger partial charge in [-0.3, -0.25) is 18.8 Å². The number of fused-ring (bicyclic) bond motifs is 1. The Morgan fingerprint density at radius 1 is 1.48 bits per heavy atom. The number of aromatic nitrogens is 2. The van der Waals surface area contributed by atoms with Crippen molar-refractivity contribution >= 4 is 23.7 Å². The second-order valence-electron chi connectivity index (χ2n) is 6.19. The number of nitrogens with zero attached hydrogens (tertiary/aromatic N) is 3. The number of aldehydes is 1. The highest BCUT2D eigenvalue weighted by Gasteiger charge is 2.29. The van der Waals surface area contributed by atoms with E-state index < -0.39 is 5.56 Å². The molecule has 3 heterocycles. The molecule has 1 aliphatic heterocycles. The molecule has 0 bridgehead atoms. The van der Waals surface area contributed by atoms with Gasteiger partial charge in [-0.05, 0) is 38.3 Å². The Morgan fingerprint density at radius 2 is 2.28 bits per heavy atom. The largest absolute Gasteiger partial charge is 0.466 e. The first kappa shape index (κ1) is 17.1. The van der Waals surface area contributed by atoms with Gasteiger partial charge in [0.1, 0.15) is 17.0 Å². The minimum atomic E-state index is -0.392. The van der Waals surface area contributed by atoms with Crippen LogP contribution in [0, 0.1) is 12.8 Å². The Labute approximate surface area is 145 Å². The second-order valence-corrected chi connectivity index (χ2v) is 6.19. The third-order valence-corrected chi connectivity index (χ3v) is 4.52. The van der Waals surface area contributed by atoms with Crippen LogP contribution in [0.3, 0.4) is 0 Å². The molecule has 2 aromatic heterocycles. The molecule has 0 N–H and O–H groups in total. The minimum Gasteiger partial charge on any atom is -0.466 e. The molecule has 1 fully saturated rings. The Hall–Kier alpha value is -2.70. The SMILES string of the molecule is CCOC(=O)C1CCCN(c2nc3c(C)cccn3c(=O)c2C=O)C1. The van der Waals surface area contributed by atoms with Crippen molar-refractivity contribution in [3.8, 4) is 0 Å². The molecule has 1 saturated heterocycles. The van der Waals surface area contributed by atoms with Crippen molar-refractivity contribution in [1.29, 1.82) is 0 Å². The van der Waals surface area contributed by atoms with Gasteiger partial charge >= 0.3 is 5.97 Å². The summed E-state index contributed by atoms with van der Waals surface area (Å²) in [5, 5.41) is 0. The van der Waals surface area contributed by atoms with Crippen molar-refractivity contribution in [2.45, 2.75) is 26.7 Å². The van der Waals surface area contributed by atoms with Gasteiger partial charge in [-0.1, -0.05) is 6.07 Å². The van der Waals surface area contributed by atoms with Crippen molar-refractivity contribution in [2.75, 3.05) is 24.6 Å². The lowest BCUT2D eigenvalue weighted by atomic mass is 9.98. The van der Waals surface area contributed by atoms with E-state index in [0.717, 1.165) is 18.4 Å². The van der Waals surface area contributed by atoms with E-state index in [1.165, 1.54) is 4.40 Å². The average molecular weight is 343 g/mol. The minimum absolute atomic E-state index is 0.0209. The van der Waals surface area contributed by atoms with Gasteiger partial charge in [-0.25, -0.2) is 4.98 Å². The number of carbonyl (C=O) groups is 2. The third-order valence-electron chi connectivity index (χ3n) is 4.52. The van der Waals surface area contributed by atoms with E-state index in [4.69, 9.17) is 4.74 Å². The molecule has 0 radical (unpaired) electrons. The number of pyridine rings is 1. The molecule has 1 atom stereocenters. The van der Waals surface area contributed by atoms with E-state index in [2.05, 4.69) is 4.98 Å². The lowest BCUT2D eigenvalue weighted by Gasteiger charge is -2.33. The first-order chi connectivity index (χ1) is 12.1. The third kappa shape index (κ3) is 3.14. The van der Waals surface area contributed by atoms with Crippen molar-refractivity contribution < 1.29 is 14.3 Å². The number of hydrogen-bond acceptors (Lipinski definition) is 6. The van der Waals surface area contributed by atoms with Crippen molar-refractivity contribution in [3.63, 3.8) is 0 Å². The van der Waals surface area contributed by atoms with Crippen molar-refractivity contribution in [1.82, 2.24) is 9.38 Å². The summed E-state index contributed by atoms with van der Waals surface area (Å²) in [4.78, 5) is 42.7. The zero-order valence-electron chi connectivity index (χ0n) is 14.4. The zero-order chi connectivity index (χ0) is 18.0. The average Bonchev–Trinajstić information content (AvgIpc) is 2.62. The molecular weight excluding hydrogens is 322 g/mol. The highest BCUT2D eigenvalue weighted by atomic mass is 16.5. The summed E-state index contributed by atoms with van der Waals surface area (Å²) in [5.74, 6) is -0.165. The predicted molar refractivity (Wildman–Crippen MR) is 93.2 cm³/mol. The van der Waals surface area contributed by atoms with Crippen LogP contribution in [0.2, 0.25) is 0 Å². The second kappa shape index (κ2) is 7.04. The van der Waals surface area contributed by atoms with Gasteiger partial charge in [0.05, 0.1) is 12.5 Å². The lowest BCUT2D eigenvalue weighted by molar-refractivity contribution is -0.148. The van der Waals surface area contributed by atoms with Crippen LogP contribution in [0.25, 0.3) is 5.65 Å². The fourth-order valence-electron chi connectivity index (χ4n) is 3.27. The fraction of sp³-hybridized carbons (Fsp3) is 0.444. The van der Waals surface area contributed by atoms with Gasteiger partial charge in [0.15, 0.2) is 6.29 Å². The maximum atomic E-state index is 12.7. The summed E-state index contributed by atoms with van der Waals surface area (Å²) < 4.78 is 6.50. The quantitative estimate of drug-likeness (QED) is 0.619. The number of anilines is 1. The van der Waals surface area contributed by atoms with Crippen LogP contribution >= 0.6 is 0 Å². The van der Waals surface area contributed by atoms with Crippen molar-refractivity contribution in [2.24, 2.45) is 5.92 Å². The molecule has 7 nitrogen and oxygen atoms in total. The highest BCUT2D eigenvalue weighted by molar-refractivity contribution is 5.84. The van der Waals surface area contributed by atoms with Gasteiger partial charge in [0.25, 0.3) is 5.56 Å². The Morgan fingerprint density at radius 3 is 3.00 bits per heavy atom. The van der Waals surface area contributed by atoms with Crippen LogP contribution in [-0.4, -0.2) is 41.3 Å². The van der Waals surface area contributed by atoms with Gasteiger partial charge in [-0.15, -0.1) is 0 Å². The molecule has 3 rings (SSSR count). The summed E-state index contributed by atoms with van der Waals surface area (Å²) in [5.41, 5.74) is 0.994. The van der Waals surface area contributed by atoms with E-state index >= 15 is 0 Å². The molecule has 0 saturated carbocycles. The molecule has 0 spiro atoms. The Kier molecular flexibility index (Phi) is 4.83. The van der Waals surface area contributed by atoms with E-state index in [1.54, 1.807) is 19.2 Å². The van der Waals surface area contributed by atoms with E-state index in [0.29, 0.717) is 37.4 Å². The first-order valence-electron chi connectivity index (χ1n) is 8.45. The molecular formula is C18H21N3O4. The normalized spacial score (nSPS) is 17.5. The zero-order valence-corrected chi connectivity index (χ0v) is 14.4. The number of hydrogen-bond donors (Lipinski definition) is 0.